The molecule has 0 atom stereocenters. The largest absolute Gasteiger partial charge is 0.324 e. The minimum absolute atomic E-state index is 0.545. The minimum Gasteiger partial charge on any atom is -0.324 e. The summed E-state index contributed by atoms with van der Waals surface area (Å²) >= 11 is 3.48. The van der Waals surface area contributed by atoms with Crippen molar-refractivity contribution in [2.45, 2.75) is 6.92 Å². The average molecular weight is 458 g/mol. The summed E-state index contributed by atoms with van der Waals surface area (Å²) in [4.78, 5) is 17.6. The molecule has 1 N–H and O–H groups in total. The fourth-order valence-electron chi connectivity index (χ4n) is 3.00. The normalized spacial score (nSPS) is 11.0. The standard InChI is InChI=1S/C22H16BrN7/c1-14-2-3-16(12-24-14)21-26-13-30(29-21)19-8-6-18(7-9-19)27-22-25-11-15-4-5-17(23)10-20(15)28-22/h2-13H,1H3,(H,25,27,28). The van der Waals surface area contributed by atoms with Gasteiger partial charge in [-0.25, -0.2) is 19.6 Å². The predicted molar refractivity (Wildman–Crippen MR) is 120 cm³/mol. The van der Waals surface area contributed by atoms with Gasteiger partial charge in [-0.05, 0) is 55.5 Å². The lowest BCUT2D eigenvalue weighted by Crippen LogP contribution is -1.99. The quantitative estimate of drug-likeness (QED) is 0.404. The van der Waals surface area contributed by atoms with Gasteiger partial charge in [0.1, 0.15) is 6.33 Å². The number of aryl methyl sites for hydroxylation is 1. The van der Waals surface area contributed by atoms with Gasteiger partial charge in [0.05, 0.1) is 11.2 Å². The predicted octanol–water partition coefficient (Wildman–Crippen LogP) is 5.09. The molecule has 0 amide bonds. The lowest BCUT2D eigenvalue weighted by molar-refractivity contribution is 0.882. The highest BCUT2D eigenvalue weighted by Gasteiger charge is 2.07. The van der Waals surface area contributed by atoms with Crippen molar-refractivity contribution in [3.63, 3.8) is 0 Å². The molecule has 0 saturated carbocycles. The maximum absolute atomic E-state index is 4.57. The molecule has 5 rings (SSSR count). The lowest BCUT2D eigenvalue weighted by Gasteiger charge is -2.07. The van der Waals surface area contributed by atoms with E-state index in [1.165, 1.54) is 0 Å². The first-order chi connectivity index (χ1) is 14.6. The first-order valence-electron chi connectivity index (χ1n) is 9.28. The number of hydrogen-bond acceptors (Lipinski definition) is 6. The van der Waals surface area contributed by atoms with Crippen LogP contribution in [0.5, 0.6) is 0 Å². The molecule has 0 aliphatic heterocycles. The van der Waals surface area contributed by atoms with Gasteiger partial charge >= 0.3 is 0 Å². The number of anilines is 2. The number of benzene rings is 2. The van der Waals surface area contributed by atoms with Crippen molar-refractivity contribution in [2.24, 2.45) is 0 Å². The summed E-state index contributed by atoms with van der Waals surface area (Å²) in [6.07, 6.45) is 5.29. The van der Waals surface area contributed by atoms with Gasteiger partial charge < -0.3 is 5.32 Å². The highest BCUT2D eigenvalue weighted by atomic mass is 79.9. The van der Waals surface area contributed by atoms with Crippen LogP contribution in [-0.4, -0.2) is 29.7 Å². The average Bonchev–Trinajstić information content (AvgIpc) is 3.25. The second-order valence-electron chi connectivity index (χ2n) is 6.77. The summed E-state index contributed by atoms with van der Waals surface area (Å²) in [5, 5.41) is 8.78. The summed E-state index contributed by atoms with van der Waals surface area (Å²) in [6, 6.07) is 17.7. The van der Waals surface area contributed by atoms with Crippen LogP contribution in [0.25, 0.3) is 28.0 Å². The van der Waals surface area contributed by atoms with Crippen LogP contribution in [0.1, 0.15) is 5.69 Å². The Bertz CT molecular complexity index is 1330. The number of pyridine rings is 1. The number of nitrogens with one attached hydrogen (secondary N) is 1. The van der Waals surface area contributed by atoms with Gasteiger partial charge in [-0.1, -0.05) is 22.0 Å². The van der Waals surface area contributed by atoms with E-state index in [9.17, 15) is 0 Å². The van der Waals surface area contributed by atoms with Crippen LogP contribution in [0.3, 0.4) is 0 Å². The second-order valence-corrected chi connectivity index (χ2v) is 7.69. The van der Waals surface area contributed by atoms with Crippen molar-refractivity contribution in [1.29, 1.82) is 0 Å². The Morgan fingerprint density at radius 1 is 0.900 bits per heavy atom. The maximum Gasteiger partial charge on any atom is 0.227 e. The number of halogens is 1. The Morgan fingerprint density at radius 3 is 2.57 bits per heavy atom. The molecule has 7 nitrogen and oxygen atoms in total. The van der Waals surface area contributed by atoms with E-state index < -0.39 is 0 Å². The van der Waals surface area contributed by atoms with Gasteiger partial charge in [-0.3, -0.25) is 4.98 Å². The summed E-state index contributed by atoms with van der Waals surface area (Å²) in [6.45, 7) is 1.95. The van der Waals surface area contributed by atoms with Gasteiger partial charge in [0.15, 0.2) is 5.82 Å². The topological polar surface area (TPSA) is 81.4 Å². The van der Waals surface area contributed by atoms with E-state index in [0.29, 0.717) is 11.8 Å². The molecule has 3 aromatic heterocycles. The van der Waals surface area contributed by atoms with Crippen molar-refractivity contribution >= 4 is 38.5 Å². The van der Waals surface area contributed by atoms with Crippen molar-refractivity contribution in [3.8, 4) is 17.1 Å². The van der Waals surface area contributed by atoms with Crippen molar-refractivity contribution in [1.82, 2.24) is 29.7 Å². The minimum atomic E-state index is 0.545. The third-order valence-electron chi connectivity index (χ3n) is 4.59. The first-order valence-corrected chi connectivity index (χ1v) is 10.1. The number of fused-ring (bicyclic) bond motifs is 1. The number of aromatic nitrogens is 6. The van der Waals surface area contributed by atoms with E-state index in [-0.39, 0.29) is 0 Å². The van der Waals surface area contributed by atoms with Crippen molar-refractivity contribution < 1.29 is 0 Å². The highest BCUT2D eigenvalue weighted by Crippen LogP contribution is 2.21. The number of nitrogens with zero attached hydrogens (tertiary/aromatic N) is 6. The molecule has 0 unspecified atom stereocenters. The zero-order valence-corrected chi connectivity index (χ0v) is 17.6. The Balaban J connectivity index is 1.35. The zero-order chi connectivity index (χ0) is 20.5. The smallest absolute Gasteiger partial charge is 0.227 e. The summed E-state index contributed by atoms with van der Waals surface area (Å²) in [5.74, 6) is 1.18. The molecule has 0 saturated heterocycles. The van der Waals surface area contributed by atoms with Gasteiger partial charge in [-0.15, -0.1) is 5.10 Å². The number of rotatable bonds is 4. The van der Waals surface area contributed by atoms with E-state index in [1.807, 2.05) is 67.7 Å². The Hall–Kier alpha value is -3.65. The molecule has 3 heterocycles. The molecule has 0 aliphatic carbocycles. The third kappa shape index (κ3) is 3.77. The maximum atomic E-state index is 4.57. The van der Waals surface area contributed by atoms with Crippen molar-refractivity contribution in [2.75, 3.05) is 5.32 Å². The van der Waals surface area contributed by atoms with Gasteiger partial charge in [0.2, 0.25) is 5.95 Å². The van der Waals surface area contributed by atoms with E-state index in [4.69, 9.17) is 0 Å². The Morgan fingerprint density at radius 2 is 1.77 bits per heavy atom. The molecule has 2 aromatic carbocycles. The summed E-state index contributed by atoms with van der Waals surface area (Å²) in [7, 11) is 0. The molecule has 30 heavy (non-hydrogen) atoms. The molecular weight excluding hydrogens is 442 g/mol. The van der Waals surface area contributed by atoms with Crippen LogP contribution in [0.4, 0.5) is 11.6 Å². The molecule has 0 radical (unpaired) electrons. The molecule has 0 aliphatic rings. The van der Waals surface area contributed by atoms with Crippen molar-refractivity contribution in [3.05, 3.63) is 83.5 Å². The second kappa shape index (κ2) is 7.64. The Kier molecular flexibility index (Phi) is 4.68. The highest BCUT2D eigenvalue weighted by molar-refractivity contribution is 9.10. The van der Waals surface area contributed by atoms with Crippen LogP contribution in [0.2, 0.25) is 0 Å². The summed E-state index contributed by atoms with van der Waals surface area (Å²) < 4.78 is 2.72. The van der Waals surface area contributed by atoms with E-state index in [0.717, 1.165) is 38.0 Å². The SMILES string of the molecule is Cc1ccc(-c2ncn(-c3ccc(Nc4ncc5ccc(Br)cc5n4)cc3)n2)cn1. The van der Waals surface area contributed by atoms with Gasteiger partial charge in [0.25, 0.3) is 0 Å². The Labute approximate surface area is 181 Å². The monoisotopic (exact) mass is 457 g/mol. The summed E-state index contributed by atoms with van der Waals surface area (Å²) in [5.41, 5.74) is 4.51. The molecule has 146 valence electrons. The van der Waals surface area contributed by atoms with E-state index in [1.54, 1.807) is 17.2 Å². The molecule has 0 spiro atoms. The van der Waals surface area contributed by atoms with E-state index in [2.05, 4.69) is 46.3 Å². The molecule has 8 heteroatoms. The first kappa shape index (κ1) is 18.4. The fraction of sp³-hybridized carbons (Fsp3) is 0.0455. The van der Waals surface area contributed by atoms with E-state index >= 15 is 0 Å². The third-order valence-corrected chi connectivity index (χ3v) is 5.09. The molecule has 0 fully saturated rings. The molecule has 5 aromatic rings. The number of hydrogen-bond donors (Lipinski definition) is 1. The molecular formula is C22H16BrN7. The fourth-order valence-corrected chi connectivity index (χ4v) is 3.35. The lowest BCUT2D eigenvalue weighted by atomic mass is 10.2. The van der Waals surface area contributed by atoms with Crippen LogP contribution < -0.4 is 5.32 Å². The van der Waals surface area contributed by atoms with Crippen LogP contribution in [0.15, 0.2) is 77.8 Å². The van der Waals surface area contributed by atoms with Gasteiger partial charge in [0, 0.05) is 39.2 Å². The van der Waals surface area contributed by atoms with Crippen LogP contribution in [-0.2, 0) is 0 Å². The van der Waals surface area contributed by atoms with Gasteiger partial charge in [-0.2, -0.15) is 0 Å². The zero-order valence-electron chi connectivity index (χ0n) is 16.0. The van der Waals surface area contributed by atoms with Crippen LogP contribution >= 0.6 is 15.9 Å². The molecule has 0 bridgehead atoms. The van der Waals surface area contributed by atoms with Crippen LogP contribution in [0, 0.1) is 6.92 Å².